The summed E-state index contributed by atoms with van der Waals surface area (Å²) in [4.78, 5) is 15.6. The van der Waals surface area contributed by atoms with Gasteiger partial charge in [0.1, 0.15) is 5.82 Å². The fraction of sp³-hybridized carbons (Fsp3) is 0.357. The van der Waals surface area contributed by atoms with Crippen LogP contribution in [-0.4, -0.2) is 16.0 Å². The number of hydrogen-bond donors (Lipinski definition) is 1. The van der Waals surface area contributed by atoms with Crippen molar-refractivity contribution in [2.45, 2.75) is 32.7 Å². The van der Waals surface area contributed by atoms with Crippen molar-refractivity contribution in [3.63, 3.8) is 0 Å². The molecule has 0 aliphatic heterocycles. The Morgan fingerprint density at radius 2 is 2.10 bits per heavy atom. The van der Waals surface area contributed by atoms with Crippen molar-refractivity contribution in [1.82, 2.24) is 15.5 Å². The lowest BCUT2D eigenvalue weighted by Crippen LogP contribution is -2.22. The van der Waals surface area contributed by atoms with Crippen LogP contribution in [0.5, 0.6) is 0 Å². The molecule has 1 aromatic heterocycles. The minimum absolute atomic E-state index is 0.0339. The molecule has 106 valence electrons. The van der Waals surface area contributed by atoms with Gasteiger partial charge in [-0.2, -0.15) is 4.98 Å². The molecular formula is C14H16FN3O2. The minimum atomic E-state index is -0.319. The highest BCUT2D eigenvalue weighted by molar-refractivity contribution is 5.75. The highest BCUT2D eigenvalue weighted by Gasteiger charge is 2.09. The standard InChI is InChI=1S/C14H16FN3O2/c1-2-3-4-12(19)16-9-13-17-14(18-20-13)10-5-7-11(15)8-6-10/h5-8H,2-4,9H2,1H3,(H,16,19). The van der Waals surface area contributed by atoms with E-state index in [0.29, 0.717) is 23.7 Å². The molecule has 2 aromatic rings. The molecule has 0 spiro atoms. The van der Waals surface area contributed by atoms with E-state index < -0.39 is 0 Å². The Bertz CT molecular complexity index is 566. The van der Waals surface area contributed by atoms with E-state index >= 15 is 0 Å². The van der Waals surface area contributed by atoms with E-state index in [2.05, 4.69) is 15.5 Å². The number of amides is 1. The Labute approximate surface area is 116 Å². The number of benzene rings is 1. The predicted octanol–water partition coefficient (Wildman–Crippen LogP) is 2.68. The summed E-state index contributed by atoms with van der Waals surface area (Å²) in [5.41, 5.74) is 0.665. The van der Waals surface area contributed by atoms with Gasteiger partial charge in [-0.15, -0.1) is 0 Å². The summed E-state index contributed by atoms with van der Waals surface area (Å²) in [6, 6.07) is 5.81. The number of halogens is 1. The van der Waals surface area contributed by atoms with Gasteiger partial charge in [0.25, 0.3) is 0 Å². The first-order chi connectivity index (χ1) is 9.69. The zero-order valence-corrected chi connectivity index (χ0v) is 11.2. The van der Waals surface area contributed by atoms with Crippen molar-refractivity contribution < 1.29 is 13.7 Å². The summed E-state index contributed by atoms with van der Waals surface area (Å²) in [7, 11) is 0. The maximum Gasteiger partial charge on any atom is 0.246 e. The van der Waals surface area contributed by atoms with E-state index in [0.717, 1.165) is 12.8 Å². The number of hydrogen-bond acceptors (Lipinski definition) is 4. The van der Waals surface area contributed by atoms with Crippen LogP contribution in [-0.2, 0) is 11.3 Å². The van der Waals surface area contributed by atoms with Gasteiger partial charge in [-0.3, -0.25) is 4.79 Å². The number of nitrogens with one attached hydrogen (secondary N) is 1. The molecule has 6 heteroatoms. The lowest BCUT2D eigenvalue weighted by atomic mass is 10.2. The van der Waals surface area contributed by atoms with E-state index in [1.807, 2.05) is 6.92 Å². The summed E-state index contributed by atoms with van der Waals surface area (Å²) < 4.78 is 17.8. The monoisotopic (exact) mass is 277 g/mol. The molecule has 0 atom stereocenters. The SMILES string of the molecule is CCCCC(=O)NCc1nc(-c2ccc(F)cc2)no1. The molecule has 0 saturated heterocycles. The molecule has 0 fully saturated rings. The quantitative estimate of drug-likeness (QED) is 0.881. The Morgan fingerprint density at radius 3 is 2.80 bits per heavy atom. The van der Waals surface area contributed by atoms with E-state index in [9.17, 15) is 9.18 Å². The molecule has 0 unspecified atom stereocenters. The minimum Gasteiger partial charge on any atom is -0.347 e. The summed E-state index contributed by atoms with van der Waals surface area (Å²) in [5.74, 6) is 0.353. The second kappa shape index (κ2) is 6.79. The Hall–Kier alpha value is -2.24. The van der Waals surface area contributed by atoms with E-state index in [-0.39, 0.29) is 18.3 Å². The van der Waals surface area contributed by atoms with Crippen LogP contribution < -0.4 is 5.32 Å². The molecule has 0 bridgehead atoms. The fourth-order valence-electron chi connectivity index (χ4n) is 1.64. The van der Waals surface area contributed by atoms with Crippen molar-refractivity contribution in [2.75, 3.05) is 0 Å². The van der Waals surface area contributed by atoms with Crippen molar-refractivity contribution in [3.05, 3.63) is 36.0 Å². The largest absolute Gasteiger partial charge is 0.347 e. The van der Waals surface area contributed by atoms with Gasteiger partial charge in [-0.25, -0.2) is 4.39 Å². The fourth-order valence-corrected chi connectivity index (χ4v) is 1.64. The first kappa shape index (κ1) is 14.2. The molecule has 1 aromatic carbocycles. The molecule has 0 radical (unpaired) electrons. The molecule has 1 heterocycles. The van der Waals surface area contributed by atoms with E-state index in [4.69, 9.17) is 4.52 Å². The van der Waals surface area contributed by atoms with Crippen molar-refractivity contribution >= 4 is 5.91 Å². The third kappa shape index (κ3) is 3.88. The number of unbranched alkanes of at least 4 members (excludes halogenated alkanes) is 1. The summed E-state index contributed by atoms with van der Waals surface area (Å²) >= 11 is 0. The maximum atomic E-state index is 12.8. The van der Waals surface area contributed by atoms with Crippen LogP contribution in [0.1, 0.15) is 32.1 Å². The van der Waals surface area contributed by atoms with Crippen LogP contribution in [0.3, 0.4) is 0 Å². The highest BCUT2D eigenvalue weighted by Crippen LogP contribution is 2.15. The number of nitrogens with zero attached hydrogens (tertiary/aromatic N) is 2. The molecule has 5 nitrogen and oxygen atoms in total. The molecule has 1 amide bonds. The Kier molecular flexibility index (Phi) is 4.81. The number of aromatic nitrogens is 2. The second-order valence-corrected chi connectivity index (χ2v) is 4.40. The van der Waals surface area contributed by atoms with Gasteiger partial charge in [-0.05, 0) is 30.7 Å². The van der Waals surface area contributed by atoms with Crippen LogP contribution >= 0.6 is 0 Å². The first-order valence-electron chi connectivity index (χ1n) is 6.54. The van der Waals surface area contributed by atoms with Gasteiger partial charge in [0.15, 0.2) is 0 Å². The Balaban J connectivity index is 1.92. The maximum absolute atomic E-state index is 12.8. The predicted molar refractivity (Wildman–Crippen MR) is 71.1 cm³/mol. The van der Waals surface area contributed by atoms with Gasteiger partial charge in [-0.1, -0.05) is 18.5 Å². The Morgan fingerprint density at radius 1 is 1.35 bits per heavy atom. The smallest absolute Gasteiger partial charge is 0.246 e. The third-order valence-corrected chi connectivity index (χ3v) is 2.76. The van der Waals surface area contributed by atoms with E-state index in [1.54, 1.807) is 12.1 Å². The summed E-state index contributed by atoms with van der Waals surface area (Å²) in [5, 5.41) is 6.51. The normalized spacial score (nSPS) is 10.5. The zero-order chi connectivity index (χ0) is 14.4. The van der Waals surface area contributed by atoms with Gasteiger partial charge in [0, 0.05) is 12.0 Å². The second-order valence-electron chi connectivity index (χ2n) is 4.40. The third-order valence-electron chi connectivity index (χ3n) is 2.76. The van der Waals surface area contributed by atoms with Crippen LogP contribution in [0.4, 0.5) is 4.39 Å². The lowest BCUT2D eigenvalue weighted by molar-refractivity contribution is -0.121. The van der Waals surface area contributed by atoms with Crippen LogP contribution in [0.15, 0.2) is 28.8 Å². The molecule has 2 rings (SSSR count). The number of carbonyl (C=O) groups is 1. The van der Waals surface area contributed by atoms with Gasteiger partial charge >= 0.3 is 0 Å². The zero-order valence-electron chi connectivity index (χ0n) is 11.2. The number of rotatable bonds is 6. The molecular weight excluding hydrogens is 261 g/mol. The van der Waals surface area contributed by atoms with Gasteiger partial charge < -0.3 is 9.84 Å². The average molecular weight is 277 g/mol. The van der Waals surface area contributed by atoms with Crippen molar-refractivity contribution in [1.29, 1.82) is 0 Å². The van der Waals surface area contributed by atoms with Crippen LogP contribution in [0.25, 0.3) is 11.4 Å². The lowest BCUT2D eigenvalue weighted by Gasteiger charge is -2.00. The highest BCUT2D eigenvalue weighted by atomic mass is 19.1. The summed E-state index contributed by atoms with van der Waals surface area (Å²) in [6.45, 7) is 2.23. The topological polar surface area (TPSA) is 68.0 Å². The molecule has 0 aliphatic carbocycles. The van der Waals surface area contributed by atoms with Crippen molar-refractivity contribution in [2.24, 2.45) is 0 Å². The van der Waals surface area contributed by atoms with Crippen LogP contribution in [0.2, 0.25) is 0 Å². The molecule has 1 N–H and O–H groups in total. The number of carbonyl (C=O) groups excluding carboxylic acids is 1. The first-order valence-corrected chi connectivity index (χ1v) is 6.54. The molecule has 0 aliphatic rings. The molecule has 20 heavy (non-hydrogen) atoms. The molecule has 0 saturated carbocycles. The van der Waals surface area contributed by atoms with E-state index in [1.165, 1.54) is 12.1 Å². The van der Waals surface area contributed by atoms with Gasteiger partial charge in [0.05, 0.1) is 6.54 Å². The average Bonchev–Trinajstić information content (AvgIpc) is 2.92. The van der Waals surface area contributed by atoms with Crippen molar-refractivity contribution in [3.8, 4) is 11.4 Å². The summed E-state index contributed by atoms with van der Waals surface area (Å²) in [6.07, 6.45) is 2.33. The van der Waals surface area contributed by atoms with Crippen LogP contribution in [0, 0.1) is 5.82 Å². The van der Waals surface area contributed by atoms with Gasteiger partial charge in [0.2, 0.25) is 17.6 Å².